The van der Waals surface area contributed by atoms with E-state index in [1.165, 1.54) is 11.8 Å². The number of aromatic nitrogens is 2. The van der Waals surface area contributed by atoms with Crippen LogP contribution in [-0.4, -0.2) is 40.7 Å². The summed E-state index contributed by atoms with van der Waals surface area (Å²) in [6.45, 7) is 3.05. The summed E-state index contributed by atoms with van der Waals surface area (Å²) in [4.78, 5) is 28.7. The van der Waals surface area contributed by atoms with E-state index in [2.05, 4.69) is 14.9 Å². The van der Waals surface area contributed by atoms with Gasteiger partial charge in [0.2, 0.25) is 5.91 Å². The van der Waals surface area contributed by atoms with E-state index < -0.39 is 0 Å². The largest absolute Gasteiger partial charge is 0.383 e. The minimum absolute atomic E-state index is 0.0173. The molecule has 1 N–H and O–H groups in total. The van der Waals surface area contributed by atoms with Gasteiger partial charge in [0, 0.05) is 31.3 Å². The van der Waals surface area contributed by atoms with Gasteiger partial charge in [-0.2, -0.15) is 0 Å². The molecule has 0 fully saturated rings. The van der Waals surface area contributed by atoms with Crippen LogP contribution in [0.5, 0.6) is 0 Å². The van der Waals surface area contributed by atoms with Crippen LogP contribution in [0.4, 0.5) is 5.69 Å². The number of thioether (sulfide) groups is 1. The first-order valence-electron chi connectivity index (χ1n) is 9.12. The Bertz CT molecular complexity index is 967. The first kappa shape index (κ1) is 20.1. The lowest BCUT2D eigenvalue weighted by Gasteiger charge is -2.08. The molecule has 1 amide bonds. The molecular formula is C21H23N3O3S. The van der Waals surface area contributed by atoms with E-state index in [0.717, 1.165) is 16.2 Å². The van der Waals surface area contributed by atoms with Crippen molar-refractivity contribution in [3.8, 4) is 0 Å². The molecule has 0 bridgehead atoms. The highest BCUT2D eigenvalue weighted by Crippen LogP contribution is 2.25. The van der Waals surface area contributed by atoms with E-state index in [4.69, 9.17) is 4.74 Å². The van der Waals surface area contributed by atoms with Crippen LogP contribution >= 0.6 is 11.8 Å². The average Bonchev–Trinajstić information content (AvgIpc) is 3.08. The third-order valence-corrected chi connectivity index (χ3v) is 5.26. The van der Waals surface area contributed by atoms with Crippen LogP contribution in [0.15, 0.2) is 53.7 Å². The highest BCUT2D eigenvalue weighted by molar-refractivity contribution is 7.99. The number of carbonyl (C=O) groups excluding carboxylic acids is 2. The zero-order valence-corrected chi connectivity index (χ0v) is 16.8. The molecule has 3 rings (SSSR count). The molecule has 28 heavy (non-hydrogen) atoms. The number of imidazole rings is 1. The summed E-state index contributed by atoms with van der Waals surface area (Å²) in [7, 11) is 1.67. The van der Waals surface area contributed by atoms with Gasteiger partial charge in [-0.15, -0.1) is 0 Å². The molecular weight excluding hydrogens is 374 g/mol. The van der Waals surface area contributed by atoms with E-state index >= 15 is 0 Å². The van der Waals surface area contributed by atoms with Crippen molar-refractivity contribution < 1.29 is 14.3 Å². The highest BCUT2D eigenvalue weighted by atomic mass is 32.2. The second kappa shape index (κ2) is 9.52. The van der Waals surface area contributed by atoms with Gasteiger partial charge in [-0.1, -0.05) is 30.8 Å². The Morgan fingerprint density at radius 1 is 1.14 bits per heavy atom. The normalized spacial score (nSPS) is 10.9. The average molecular weight is 398 g/mol. The van der Waals surface area contributed by atoms with Gasteiger partial charge in [0.1, 0.15) is 0 Å². The third kappa shape index (κ3) is 4.79. The highest BCUT2D eigenvalue weighted by Gasteiger charge is 2.14. The maximum absolute atomic E-state index is 12.6. The molecule has 0 unspecified atom stereocenters. The number of amides is 1. The summed E-state index contributed by atoms with van der Waals surface area (Å²) in [5.41, 5.74) is 3.24. The predicted molar refractivity (Wildman–Crippen MR) is 112 cm³/mol. The first-order chi connectivity index (χ1) is 13.6. The Hall–Kier alpha value is -2.64. The Kier molecular flexibility index (Phi) is 6.84. The lowest BCUT2D eigenvalue weighted by molar-refractivity contribution is -0.115. The van der Waals surface area contributed by atoms with E-state index in [9.17, 15) is 9.59 Å². The van der Waals surface area contributed by atoms with Crippen LogP contribution in [0.1, 0.15) is 23.7 Å². The lowest BCUT2D eigenvalue weighted by Crippen LogP contribution is -2.10. The van der Waals surface area contributed by atoms with Gasteiger partial charge in [-0.25, -0.2) is 4.98 Å². The van der Waals surface area contributed by atoms with E-state index in [-0.39, 0.29) is 17.4 Å². The number of nitrogens with one attached hydrogen (secondary N) is 1. The lowest BCUT2D eigenvalue weighted by atomic mass is 10.1. The Labute approximate surface area is 168 Å². The van der Waals surface area contributed by atoms with E-state index in [1.54, 1.807) is 38.3 Å². The number of methoxy groups -OCH3 is 1. The molecule has 1 heterocycles. The van der Waals surface area contributed by atoms with Crippen molar-refractivity contribution in [2.75, 3.05) is 24.8 Å². The summed E-state index contributed by atoms with van der Waals surface area (Å²) in [5.74, 6) is 0.255. The standard InChI is InChI=1S/C21H23N3O3S/c1-3-20(26)22-16-10-8-15(9-11-16)19(25)14-28-21-23-17-6-4-5-7-18(17)24(21)12-13-27-2/h4-11H,3,12-14H2,1-2H3,(H,22,26). The Morgan fingerprint density at radius 3 is 2.61 bits per heavy atom. The molecule has 0 aliphatic heterocycles. The van der Waals surface area contributed by atoms with Crippen molar-refractivity contribution in [2.45, 2.75) is 25.0 Å². The second-order valence-electron chi connectivity index (χ2n) is 6.22. The molecule has 1 aromatic heterocycles. The molecule has 0 aliphatic carbocycles. The molecule has 0 spiro atoms. The number of benzene rings is 2. The maximum atomic E-state index is 12.6. The van der Waals surface area contributed by atoms with Crippen molar-refractivity contribution in [1.82, 2.24) is 9.55 Å². The van der Waals surface area contributed by atoms with Crippen LogP contribution in [0.2, 0.25) is 0 Å². The smallest absolute Gasteiger partial charge is 0.224 e. The number of Topliss-reactive ketones (excluding diaryl/α,β-unsaturated/α-hetero) is 1. The maximum Gasteiger partial charge on any atom is 0.224 e. The number of nitrogens with zero attached hydrogens (tertiary/aromatic N) is 2. The number of ketones is 1. The molecule has 6 nitrogen and oxygen atoms in total. The van der Waals surface area contributed by atoms with Gasteiger partial charge in [0.05, 0.1) is 23.4 Å². The molecule has 0 aliphatic rings. The summed E-state index contributed by atoms with van der Waals surface area (Å²) < 4.78 is 7.29. The fourth-order valence-corrected chi connectivity index (χ4v) is 3.70. The molecule has 0 radical (unpaired) electrons. The van der Waals surface area contributed by atoms with Gasteiger partial charge in [-0.3, -0.25) is 9.59 Å². The van der Waals surface area contributed by atoms with Gasteiger partial charge in [-0.05, 0) is 36.4 Å². The third-order valence-electron chi connectivity index (χ3n) is 4.28. The topological polar surface area (TPSA) is 73.2 Å². The van der Waals surface area contributed by atoms with Crippen LogP contribution in [0.3, 0.4) is 0 Å². The minimum atomic E-state index is -0.0513. The summed E-state index contributed by atoms with van der Waals surface area (Å²) in [6.07, 6.45) is 0.418. The number of ether oxygens (including phenoxy) is 1. The molecule has 2 aromatic carbocycles. The van der Waals surface area contributed by atoms with Gasteiger partial charge >= 0.3 is 0 Å². The van der Waals surface area contributed by atoms with E-state index in [0.29, 0.717) is 30.8 Å². The van der Waals surface area contributed by atoms with Crippen LogP contribution in [-0.2, 0) is 16.1 Å². The van der Waals surface area contributed by atoms with Crippen LogP contribution < -0.4 is 5.32 Å². The van der Waals surface area contributed by atoms with Gasteiger partial charge in [0.15, 0.2) is 10.9 Å². The van der Waals surface area contributed by atoms with Crippen molar-refractivity contribution in [2.24, 2.45) is 0 Å². The first-order valence-corrected chi connectivity index (χ1v) is 10.1. The molecule has 3 aromatic rings. The number of hydrogen-bond acceptors (Lipinski definition) is 5. The number of anilines is 1. The van der Waals surface area contributed by atoms with Crippen molar-refractivity contribution in [3.05, 3.63) is 54.1 Å². The molecule has 0 saturated heterocycles. The SMILES string of the molecule is CCC(=O)Nc1ccc(C(=O)CSc2nc3ccccc3n2CCOC)cc1. The van der Waals surface area contributed by atoms with Crippen molar-refractivity contribution >= 4 is 40.2 Å². The molecule has 7 heteroatoms. The van der Waals surface area contributed by atoms with Crippen LogP contribution in [0.25, 0.3) is 11.0 Å². The zero-order valence-electron chi connectivity index (χ0n) is 16.0. The molecule has 0 saturated carbocycles. The summed E-state index contributed by atoms with van der Waals surface area (Å²) in [5, 5.41) is 3.58. The second-order valence-corrected chi connectivity index (χ2v) is 7.16. The summed E-state index contributed by atoms with van der Waals surface area (Å²) >= 11 is 1.42. The quantitative estimate of drug-likeness (QED) is 0.436. The number of para-hydroxylation sites is 2. The van der Waals surface area contributed by atoms with Gasteiger partial charge in [0.25, 0.3) is 0 Å². The fourth-order valence-electron chi connectivity index (χ4n) is 2.76. The monoisotopic (exact) mass is 397 g/mol. The number of carbonyl (C=O) groups is 2. The molecule has 146 valence electrons. The van der Waals surface area contributed by atoms with Crippen molar-refractivity contribution in [3.63, 3.8) is 0 Å². The minimum Gasteiger partial charge on any atom is -0.383 e. The molecule has 0 atom stereocenters. The van der Waals surface area contributed by atoms with Crippen LogP contribution in [0, 0.1) is 0 Å². The number of hydrogen-bond donors (Lipinski definition) is 1. The summed E-state index contributed by atoms with van der Waals surface area (Å²) in [6, 6.07) is 14.9. The number of rotatable bonds is 9. The van der Waals surface area contributed by atoms with Gasteiger partial charge < -0.3 is 14.6 Å². The van der Waals surface area contributed by atoms with Crippen molar-refractivity contribution in [1.29, 1.82) is 0 Å². The Balaban J connectivity index is 1.69. The Morgan fingerprint density at radius 2 is 1.89 bits per heavy atom. The fraction of sp³-hybridized carbons (Fsp3) is 0.286. The van der Waals surface area contributed by atoms with E-state index in [1.807, 2.05) is 24.3 Å². The number of fused-ring (bicyclic) bond motifs is 1. The zero-order chi connectivity index (χ0) is 19.9. The predicted octanol–water partition coefficient (Wildman–Crippen LogP) is 4.01.